The molecule has 1 aliphatic carbocycles. The number of ketones is 3. The summed E-state index contributed by atoms with van der Waals surface area (Å²) in [5.41, 5.74) is 1.30. The number of hydrogen-bond donors (Lipinski definition) is 2. The van der Waals surface area contributed by atoms with Crippen molar-refractivity contribution < 1.29 is 57.9 Å². The molecule has 3 heterocycles. The summed E-state index contributed by atoms with van der Waals surface area (Å²) in [6.07, 6.45) is 15.3. The molecule has 3 aliphatic heterocycles. The van der Waals surface area contributed by atoms with E-state index in [1.54, 1.807) is 41.1 Å². The van der Waals surface area contributed by atoms with Gasteiger partial charge in [-0.15, -0.1) is 0 Å². The average Bonchev–Trinajstić information content (AvgIpc) is 3.27. The van der Waals surface area contributed by atoms with Gasteiger partial charge in [0.05, 0.1) is 18.3 Å². The number of cyclic esters (lactones) is 1. The van der Waals surface area contributed by atoms with Gasteiger partial charge >= 0.3 is 5.97 Å². The van der Waals surface area contributed by atoms with Crippen molar-refractivity contribution in [1.82, 2.24) is 4.90 Å². The average molecular weight is 884 g/mol. The van der Waals surface area contributed by atoms with E-state index in [4.69, 9.17) is 23.7 Å². The van der Waals surface area contributed by atoms with Crippen LogP contribution in [0.2, 0.25) is 0 Å². The number of rotatable bonds is 6. The van der Waals surface area contributed by atoms with Gasteiger partial charge in [0.15, 0.2) is 5.78 Å². The van der Waals surface area contributed by atoms with Crippen LogP contribution in [0.4, 0.5) is 0 Å². The molecule has 354 valence electrons. The van der Waals surface area contributed by atoms with Gasteiger partial charge in [-0.1, -0.05) is 77.0 Å². The van der Waals surface area contributed by atoms with Crippen LogP contribution in [0, 0.1) is 29.6 Å². The van der Waals surface area contributed by atoms with E-state index in [-0.39, 0.29) is 43.0 Å². The fraction of sp³-hybridized carbons (Fsp3) is 0.740. The molecule has 0 spiro atoms. The summed E-state index contributed by atoms with van der Waals surface area (Å²) in [5, 5.41) is 23.3. The van der Waals surface area contributed by atoms with Gasteiger partial charge in [-0.05, 0) is 101 Å². The van der Waals surface area contributed by atoms with E-state index >= 15 is 0 Å². The van der Waals surface area contributed by atoms with Gasteiger partial charge in [-0.3, -0.25) is 19.2 Å². The number of fused-ring (bicyclic) bond motifs is 3. The van der Waals surface area contributed by atoms with Crippen molar-refractivity contribution in [3.05, 3.63) is 47.6 Å². The molecule has 63 heavy (non-hydrogen) atoms. The summed E-state index contributed by atoms with van der Waals surface area (Å²) in [4.78, 5) is 71.5. The number of Topliss-reactive ketones (excluding diaryl/α,β-unsaturated/α-hetero) is 3. The maximum absolute atomic E-state index is 14.3. The number of methoxy groups -OCH3 is 3. The second-order valence-corrected chi connectivity index (χ2v) is 18.9. The molecule has 13 heteroatoms. The van der Waals surface area contributed by atoms with Crippen LogP contribution in [-0.2, 0) is 47.7 Å². The van der Waals surface area contributed by atoms with Gasteiger partial charge in [0.2, 0.25) is 5.79 Å². The summed E-state index contributed by atoms with van der Waals surface area (Å²) in [5.74, 6) is -7.43. The number of aliphatic hydroxyl groups is 2. The monoisotopic (exact) mass is 884 g/mol. The van der Waals surface area contributed by atoms with Gasteiger partial charge in [0, 0.05) is 58.5 Å². The predicted molar refractivity (Wildman–Crippen MR) is 239 cm³/mol. The van der Waals surface area contributed by atoms with Crippen LogP contribution in [0.15, 0.2) is 47.6 Å². The Morgan fingerprint density at radius 1 is 0.857 bits per heavy atom. The third kappa shape index (κ3) is 14.1. The van der Waals surface area contributed by atoms with E-state index in [1.807, 2.05) is 51.2 Å². The third-order valence-corrected chi connectivity index (χ3v) is 14.1. The molecule has 0 aromatic rings. The highest BCUT2D eigenvalue weighted by atomic mass is 16.6. The van der Waals surface area contributed by atoms with Crippen molar-refractivity contribution >= 4 is 29.2 Å². The number of nitrogens with zero attached hydrogens (tertiary/aromatic N) is 1. The standard InChI is InChI=1S/C50H77NO12/c1-31-18-13-11-10-12-14-19-32(2)44(53)46(61-9)45(54)35(5)26-33(3)41(52)30-43(34(4)27-37-20-17-21-38(28-37)59-7)62-49(57)40-22-15-16-25-51(40)48(56)47(55)50(58)36(6)23-24-39(63-50)29-42(31)60-8/h10-13,18,26,32-34,36-40,42-43,45-46,54,58H,14-17,19-25,27-30H2,1-9H3/b12-10+,13-11+,31-18+,35-26+/t32-,33-,34-,36-,37+,38+,39+,40?,42+,43+,45-,46+,50-/m1/s1. The van der Waals surface area contributed by atoms with Crippen molar-refractivity contribution in [2.45, 2.75) is 180 Å². The van der Waals surface area contributed by atoms with Crippen molar-refractivity contribution in [2.24, 2.45) is 29.6 Å². The van der Waals surface area contributed by atoms with E-state index in [0.717, 1.165) is 31.3 Å². The van der Waals surface area contributed by atoms with Crippen LogP contribution in [0.1, 0.15) is 131 Å². The Morgan fingerprint density at radius 2 is 1.60 bits per heavy atom. The number of esters is 1. The Hall–Kier alpha value is -3.33. The highest BCUT2D eigenvalue weighted by molar-refractivity contribution is 6.39. The molecule has 4 aliphatic rings. The first-order valence-electron chi connectivity index (χ1n) is 23.4. The minimum atomic E-state index is -2.40. The lowest BCUT2D eigenvalue weighted by atomic mass is 9.79. The normalized spacial score (nSPS) is 38.9. The second-order valence-electron chi connectivity index (χ2n) is 18.9. The molecular weight excluding hydrogens is 807 g/mol. The molecule has 0 aromatic carbocycles. The van der Waals surface area contributed by atoms with Crippen molar-refractivity contribution in [2.75, 3.05) is 27.9 Å². The van der Waals surface area contributed by atoms with E-state index in [9.17, 15) is 34.2 Å². The highest BCUT2D eigenvalue weighted by Crippen LogP contribution is 2.37. The first-order valence-corrected chi connectivity index (χ1v) is 23.4. The summed E-state index contributed by atoms with van der Waals surface area (Å²) < 4.78 is 29.5. The number of amides is 1. The molecule has 2 bridgehead atoms. The van der Waals surface area contributed by atoms with Crippen molar-refractivity contribution in [3.8, 4) is 0 Å². The Morgan fingerprint density at radius 3 is 2.30 bits per heavy atom. The fourth-order valence-electron chi connectivity index (χ4n) is 9.78. The van der Waals surface area contributed by atoms with Crippen molar-refractivity contribution in [3.63, 3.8) is 0 Å². The summed E-state index contributed by atoms with van der Waals surface area (Å²) in [7, 11) is 4.69. The van der Waals surface area contributed by atoms with Crippen LogP contribution in [0.3, 0.4) is 0 Å². The molecule has 0 radical (unpaired) electrons. The largest absolute Gasteiger partial charge is 0.460 e. The summed E-state index contributed by atoms with van der Waals surface area (Å²) >= 11 is 0. The SMILES string of the molecule is CO[C@H]1CCC[C@@H](C[C@@H](C)[C@@H]2CC(=O)[C@H](C)/C=C(\C)[C@@H](O)[C@@H](OC)C(=O)[C@H](C)CC/C=C/C=C/C=C(\C)[C@@H](OC)C[C@@H]3CC[C@@H](C)[C@@](O)(O3)C(=O)C(=O)N3CCCCC3C(=O)O2)C1. The lowest BCUT2D eigenvalue weighted by Crippen LogP contribution is -2.61. The molecule has 1 unspecified atom stereocenters. The van der Waals surface area contributed by atoms with Crippen molar-refractivity contribution in [1.29, 1.82) is 0 Å². The summed E-state index contributed by atoms with van der Waals surface area (Å²) in [6.45, 7) is 10.9. The molecule has 4 rings (SSSR count). The van der Waals surface area contributed by atoms with Gasteiger partial charge in [-0.2, -0.15) is 0 Å². The zero-order valence-electron chi connectivity index (χ0n) is 39.4. The lowest BCUT2D eigenvalue weighted by molar-refractivity contribution is -0.265. The van der Waals surface area contributed by atoms with Crippen LogP contribution >= 0.6 is 0 Å². The lowest BCUT2D eigenvalue weighted by Gasteiger charge is -2.42. The molecule has 3 fully saturated rings. The maximum atomic E-state index is 14.3. The Kier molecular flexibility index (Phi) is 20.6. The molecule has 0 aromatic heterocycles. The minimum Gasteiger partial charge on any atom is -0.460 e. The summed E-state index contributed by atoms with van der Waals surface area (Å²) in [6, 6.07) is -1.10. The zero-order chi connectivity index (χ0) is 46.4. The Balaban J connectivity index is 1.68. The van der Waals surface area contributed by atoms with Crippen LogP contribution < -0.4 is 0 Å². The fourth-order valence-corrected chi connectivity index (χ4v) is 9.78. The first-order chi connectivity index (χ1) is 29.9. The van der Waals surface area contributed by atoms with E-state index in [1.165, 1.54) is 12.0 Å². The first kappa shape index (κ1) is 52.3. The number of carbonyl (C=O) groups excluding carboxylic acids is 5. The third-order valence-electron chi connectivity index (χ3n) is 14.1. The molecule has 13 atom stereocenters. The number of allylic oxidation sites excluding steroid dienone is 6. The van der Waals surface area contributed by atoms with Gasteiger partial charge in [0.25, 0.3) is 11.7 Å². The molecule has 1 saturated carbocycles. The molecule has 13 nitrogen and oxygen atoms in total. The number of piperidine rings is 1. The quantitative estimate of drug-likeness (QED) is 0.160. The van der Waals surface area contributed by atoms with Gasteiger partial charge in [0.1, 0.15) is 30.1 Å². The predicted octanol–water partition coefficient (Wildman–Crippen LogP) is 6.96. The maximum Gasteiger partial charge on any atom is 0.329 e. The second kappa shape index (κ2) is 24.8. The highest BCUT2D eigenvalue weighted by Gasteiger charge is 2.53. The number of ether oxygens (including phenoxy) is 5. The Bertz CT molecular complexity index is 1690. The van der Waals surface area contributed by atoms with Crippen LogP contribution in [0.25, 0.3) is 0 Å². The molecule has 1 amide bonds. The number of aliphatic hydroxyl groups excluding tert-OH is 1. The topological polar surface area (TPSA) is 175 Å². The van der Waals surface area contributed by atoms with E-state index in [2.05, 4.69) is 0 Å². The smallest absolute Gasteiger partial charge is 0.329 e. The van der Waals surface area contributed by atoms with Gasteiger partial charge in [-0.25, -0.2) is 4.79 Å². The van der Waals surface area contributed by atoms with E-state index < -0.39 is 77.8 Å². The van der Waals surface area contributed by atoms with Crippen LogP contribution in [-0.4, -0.2) is 121 Å². The molecule has 2 saturated heterocycles. The minimum absolute atomic E-state index is 0.115. The number of carbonyl (C=O) groups is 5. The Labute approximate surface area is 376 Å². The zero-order valence-corrected chi connectivity index (χ0v) is 39.4. The molecule has 2 N–H and O–H groups in total. The number of hydrogen-bond acceptors (Lipinski definition) is 12. The van der Waals surface area contributed by atoms with Crippen LogP contribution in [0.5, 0.6) is 0 Å². The van der Waals surface area contributed by atoms with E-state index in [0.29, 0.717) is 62.9 Å². The molecular formula is C50H77NO12. The van der Waals surface area contributed by atoms with Gasteiger partial charge < -0.3 is 38.8 Å².